The lowest BCUT2D eigenvalue weighted by molar-refractivity contribution is 0.0333. The maximum absolute atomic E-state index is 12.6. The molecule has 0 aromatic heterocycles. The van der Waals surface area contributed by atoms with Crippen LogP contribution >= 0.6 is 0 Å². The molecule has 1 aliphatic heterocycles. The van der Waals surface area contributed by atoms with E-state index in [-0.39, 0.29) is 11.8 Å². The summed E-state index contributed by atoms with van der Waals surface area (Å²) in [5.41, 5.74) is 1.56. The smallest absolute Gasteiger partial charge is 0.280 e. The highest BCUT2D eigenvalue weighted by molar-refractivity contribution is 6.21. The summed E-state index contributed by atoms with van der Waals surface area (Å²) in [6, 6.07) is 16.2. The second-order valence-corrected chi connectivity index (χ2v) is 5.63. The van der Waals surface area contributed by atoms with Crippen LogP contribution in [0.3, 0.4) is 0 Å². The summed E-state index contributed by atoms with van der Waals surface area (Å²) in [5, 5.41) is 2.60. The van der Waals surface area contributed by atoms with Crippen LogP contribution in [-0.4, -0.2) is 53.8 Å². The molecular weight excluding hydrogens is 304 g/mol. The molecule has 2 amide bonds. The van der Waals surface area contributed by atoms with Crippen molar-refractivity contribution < 1.29 is 9.59 Å². The van der Waals surface area contributed by atoms with Crippen molar-refractivity contribution in [1.29, 1.82) is 0 Å². The molecule has 0 spiro atoms. The number of fused-ring (bicyclic) bond motifs is 1. The van der Waals surface area contributed by atoms with Gasteiger partial charge in [-0.2, -0.15) is 5.01 Å². The lowest BCUT2D eigenvalue weighted by atomic mass is 10.1. The molecule has 2 aromatic carbocycles. The Labute approximate surface area is 140 Å². The fourth-order valence-electron chi connectivity index (χ4n) is 2.62. The molecule has 122 valence electrons. The van der Waals surface area contributed by atoms with Crippen LogP contribution in [0.1, 0.15) is 20.7 Å². The van der Waals surface area contributed by atoms with E-state index in [9.17, 15) is 9.59 Å². The first kappa shape index (κ1) is 15.7. The van der Waals surface area contributed by atoms with E-state index in [4.69, 9.17) is 0 Å². The van der Waals surface area contributed by atoms with E-state index in [2.05, 4.69) is 4.99 Å². The van der Waals surface area contributed by atoms with E-state index < -0.39 is 0 Å². The van der Waals surface area contributed by atoms with Crippen molar-refractivity contribution >= 4 is 23.5 Å². The molecule has 0 N–H and O–H groups in total. The van der Waals surface area contributed by atoms with Gasteiger partial charge in [0, 0.05) is 21.1 Å². The molecule has 3 rings (SSSR count). The zero-order valence-electron chi connectivity index (χ0n) is 13.8. The minimum absolute atomic E-state index is 0.347. The number of benzene rings is 2. The van der Waals surface area contributed by atoms with E-state index in [1.165, 1.54) is 5.01 Å². The SMILES string of the molecule is CN(C)/C(=N\c1ccccc1)N(C)N1C(=O)c2ccccc2C1=O. The number of carbonyl (C=O) groups excluding carboxylic acids is 2. The fourth-order valence-corrected chi connectivity index (χ4v) is 2.62. The number of amides is 2. The molecule has 0 fully saturated rings. The van der Waals surface area contributed by atoms with Gasteiger partial charge in [0.05, 0.1) is 16.8 Å². The Kier molecular flexibility index (Phi) is 4.04. The number of imide groups is 1. The molecule has 24 heavy (non-hydrogen) atoms. The number of nitrogens with zero attached hydrogens (tertiary/aromatic N) is 4. The van der Waals surface area contributed by atoms with Crippen LogP contribution < -0.4 is 0 Å². The topological polar surface area (TPSA) is 56.2 Å². The van der Waals surface area contributed by atoms with Gasteiger partial charge in [-0.05, 0) is 24.3 Å². The Hall–Kier alpha value is -3.15. The lowest BCUT2D eigenvalue weighted by Crippen LogP contribution is -2.51. The normalized spacial score (nSPS) is 14.0. The molecular formula is C18H18N4O2. The summed E-state index contributed by atoms with van der Waals surface area (Å²) >= 11 is 0. The van der Waals surface area contributed by atoms with Crippen molar-refractivity contribution in [3.05, 3.63) is 65.7 Å². The molecule has 6 nitrogen and oxygen atoms in total. The number of rotatable bonds is 2. The largest absolute Gasteiger partial charge is 0.347 e. The summed E-state index contributed by atoms with van der Waals surface area (Å²) in [6.07, 6.45) is 0. The van der Waals surface area contributed by atoms with Gasteiger partial charge in [0.1, 0.15) is 0 Å². The highest BCUT2D eigenvalue weighted by Crippen LogP contribution is 2.24. The van der Waals surface area contributed by atoms with Gasteiger partial charge in [-0.25, -0.2) is 10.0 Å². The van der Waals surface area contributed by atoms with Gasteiger partial charge in [-0.15, -0.1) is 0 Å². The molecule has 2 aromatic rings. The van der Waals surface area contributed by atoms with Crippen LogP contribution in [0.25, 0.3) is 0 Å². The molecule has 0 bridgehead atoms. The molecule has 1 heterocycles. The van der Waals surface area contributed by atoms with Crippen molar-refractivity contribution in [1.82, 2.24) is 14.9 Å². The first-order chi connectivity index (χ1) is 11.5. The second-order valence-electron chi connectivity index (χ2n) is 5.63. The molecule has 0 unspecified atom stereocenters. The first-order valence-electron chi connectivity index (χ1n) is 7.53. The second kappa shape index (κ2) is 6.16. The highest BCUT2D eigenvalue weighted by Gasteiger charge is 2.39. The highest BCUT2D eigenvalue weighted by atomic mass is 16.2. The third kappa shape index (κ3) is 2.62. The molecule has 0 aliphatic carbocycles. The van der Waals surface area contributed by atoms with Crippen molar-refractivity contribution in [3.63, 3.8) is 0 Å². The van der Waals surface area contributed by atoms with Gasteiger partial charge in [0.25, 0.3) is 11.8 Å². The van der Waals surface area contributed by atoms with E-state index in [0.29, 0.717) is 17.1 Å². The number of carbonyl (C=O) groups is 2. The number of hydrazine groups is 1. The van der Waals surface area contributed by atoms with Crippen molar-refractivity contribution in [2.24, 2.45) is 4.99 Å². The zero-order valence-corrected chi connectivity index (χ0v) is 13.8. The third-order valence-corrected chi connectivity index (χ3v) is 3.75. The Bertz CT molecular complexity index is 780. The Morgan fingerprint density at radius 1 is 0.833 bits per heavy atom. The van der Waals surface area contributed by atoms with Crippen LogP contribution in [-0.2, 0) is 0 Å². The number of hydrogen-bond acceptors (Lipinski definition) is 3. The fraction of sp³-hybridized carbons (Fsp3) is 0.167. The van der Waals surface area contributed by atoms with Gasteiger partial charge in [-0.3, -0.25) is 9.59 Å². The average Bonchev–Trinajstić information content (AvgIpc) is 2.84. The van der Waals surface area contributed by atoms with E-state index >= 15 is 0 Å². The molecule has 1 aliphatic rings. The summed E-state index contributed by atoms with van der Waals surface area (Å²) in [5.74, 6) is -0.211. The van der Waals surface area contributed by atoms with Gasteiger partial charge in [-0.1, -0.05) is 30.3 Å². The maximum atomic E-state index is 12.6. The first-order valence-corrected chi connectivity index (χ1v) is 7.53. The number of hydrogen-bond donors (Lipinski definition) is 0. The third-order valence-electron chi connectivity index (χ3n) is 3.75. The van der Waals surface area contributed by atoms with Gasteiger partial charge in [0.2, 0.25) is 5.96 Å². The maximum Gasteiger partial charge on any atom is 0.280 e. The van der Waals surface area contributed by atoms with E-state index in [1.807, 2.05) is 44.4 Å². The Balaban J connectivity index is 1.98. The minimum Gasteiger partial charge on any atom is -0.347 e. The Morgan fingerprint density at radius 3 is 1.83 bits per heavy atom. The van der Waals surface area contributed by atoms with Gasteiger partial charge in [0.15, 0.2) is 0 Å². The van der Waals surface area contributed by atoms with Crippen molar-refractivity contribution in [3.8, 4) is 0 Å². The van der Waals surface area contributed by atoms with Crippen molar-refractivity contribution in [2.75, 3.05) is 21.1 Å². The summed E-state index contributed by atoms with van der Waals surface area (Å²) in [6.45, 7) is 0. The van der Waals surface area contributed by atoms with Crippen LogP contribution in [0.2, 0.25) is 0 Å². The molecule has 0 saturated heterocycles. The molecule has 6 heteroatoms. The molecule has 0 atom stereocenters. The number of para-hydroxylation sites is 1. The van der Waals surface area contributed by atoms with Crippen molar-refractivity contribution in [2.45, 2.75) is 0 Å². The molecule has 0 saturated carbocycles. The van der Waals surface area contributed by atoms with Gasteiger partial charge < -0.3 is 4.90 Å². The van der Waals surface area contributed by atoms with Crippen LogP contribution in [0.5, 0.6) is 0 Å². The summed E-state index contributed by atoms with van der Waals surface area (Å²) < 4.78 is 0. The average molecular weight is 322 g/mol. The molecule has 0 radical (unpaired) electrons. The predicted molar refractivity (Wildman–Crippen MR) is 91.9 cm³/mol. The monoisotopic (exact) mass is 322 g/mol. The predicted octanol–water partition coefficient (Wildman–Crippen LogP) is 2.38. The lowest BCUT2D eigenvalue weighted by Gasteiger charge is -2.31. The number of aliphatic imine (C=N–C) groups is 1. The standard InChI is InChI=1S/C18H18N4O2/c1-20(2)18(19-13-9-5-4-6-10-13)21(3)22-16(23)14-11-7-8-12-15(14)17(22)24/h4-12H,1-3H3/b19-18+. The van der Waals surface area contributed by atoms with Crippen LogP contribution in [0, 0.1) is 0 Å². The van der Waals surface area contributed by atoms with E-state index in [0.717, 1.165) is 10.7 Å². The number of guanidine groups is 1. The minimum atomic E-state index is -0.347. The van der Waals surface area contributed by atoms with Crippen LogP contribution in [0.15, 0.2) is 59.6 Å². The summed E-state index contributed by atoms with van der Waals surface area (Å²) in [7, 11) is 5.29. The zero-order chi connectivity index (χ0) is 17.3. The quantitative estimate of drug-likeness (QED) is 0.484. The Morgan fingerprint density at radius 2 is 1.33 bits per heavy atom. The summed E-state index contributed by atoms with van der Waals surface area (Å²) in [4.78, 5) is 31.6. The van der Waals surface area contributed by atoms with E-state index in [1.54, 1.807) is 36.2 Å². The van der Waals surface area contributed by atoms with Crippen LogP contribution in [0.4, 0.5) is 5.69 Å². The van der Waals surface area contributed by atoms with Gasteiger partial charge >= 0.3 is 0 Å².